The number of benzene rings is 1. The Balaban J connectivity index is 1.83. The maximum atomic E-state index is 12.2. The molecule has 0 radical (unpaired) electrons. The molecule has 1 amide bonds. The summed E-state index contributed by atoms with van der Waals surface area (Å²) in [5.41, 5.74) is 2.18. The first kappa shape index (κ1) is 20.6. The molecule has 1 fully saturated rings. The van der Waals surface area contributed by atoms with Crippen molar-refractivity contribution >= 4 is 28.9 Å². The highest BCUT2D eigenvalue weighted by Crippen LogP contribution is 2.11. The number of rotatable bonds is 4. The number of hydrogen-bond acceptors (Lipinski definition) is 2. The summed E-state index contributed by atoms with van der Waals surface area (Å²) in [6.45, 7) is 12.5. The van der Waals surface area contributed by atoms with Crippen LogP contribution in [-0.4, -0.2) is 54.2 Å². The molecule has 5 nitrogen and oxygen atoms in total. The molecular formula is C20H33N4OS+. The molecule has 6 heteroatoms. The lowest BCUT2D eigenvalue weighted by atomic mass is 10.1. The minimum Gasteiger partial charge on any atom is -0.347 e. The van der Waals surface area contributed by atoms with E-state index in [9.17, 15) is 4.79 Å². The number of anilines is 1. The molecule has 1 aliphatic rings. The lowest BCUT2D eigenvalue weighted by Gasteiger charge is -2.24. The van der Waals surface area contributed by atoms with Crippen LogP contribution < -0.4 is 15.5 Å². The van der Waals surface area contributed by atoms with Crippen molar-refractivity contribution in [1.82, 2.24) is 10.2 Å². The average Bonchev–Trinajstić information content (AvgIpc) is 2.79. The van der Waals surface area contributed by atoms with Crippen LogP contribution in [0.2, 0.25) is 0 Å². The van der Waals surface area contributed by atoms with E-state index >= 15 is 0 Å². The van der Waals surface area contributed by atoms with Crippen molar-refractivity contribution in [3.63, 3.8) is 0 Å². The summed E-state index contributed by atoms with van der Waals surface area (Å²) in [5.74, 6) is 0.123. The summed E-state index contributed by atoms with van der Waals surface area (Å²) in [6, 6.07) is 8.43. The third-order valence-corrected chi connectivity index (χ3v) is 4.88. The summed E-state index contributed by atoms with van der Waals surface area (Å²) in [4.78, 5) is 15.7. The van der Waals surface area contributed by atoms with E-state index < -0.39 is 0 Å². The Hall–Kier alpha value is -1.66. The highest BCUT2D eigenvalue weighted by molar-refractivity contribution is 7.80. The smallest absolute Gasteiger partial charge is 0.275 e. The zero-order valence-electron chi connectivity index (χ0n) is 16.5. The predicted octanol–water partition coefficient (Wildman–Crippen LogP) is 1.45. The number of thiocarbonyl (C=S) groups is 1. The van der Waals surface area contributed by atoms with Gasteiger partial charge in [0.25, 0.3) is 5.91 Å². The lowest BCUT2D eigenvalue weighted by Crippen LogP contribution is -3.13. The van der Waals surface area contributed by atoms with Crippen molar-refractivity contribution in [2.75, 3.05) is 38.0 Å². The molecule has 144 valence electrons. The first-order valence-corrected chi connectivity index (χ1v) is 9.97. The van der Waals surface area contributed by atoms with Crippen LogP contribution in [-0.2, 0) is 11.2 Å². The van der Waals surface area contributed by atoms with E-state index in [0.29, 0.717) is 6.54 Å². The van der Waals surface area contributed by atoms with Crippen LogP contribution in [0.25, 0.3) is 0 Å². The van der Waals surface area contributed by atoms with Crippen LogP contribution in [0.15, 0.2) is 24.3 Å². The largest absolute Gasteiger partial charge is 0.347 e. The number of hydrogen-bond donors (Lipinski definition) is 3. The molecule has 1 unspecified atom stereocenters. The number of nitrogens with one attached hydrogen (secondary N) is 3. The van der Waals surface area contributed by atoms with Crippen molar-refractivity contribution in [2.24, 2.45) is 0 Å². The van der Waals surface area contributed by atoms with Gasteiger partial charge in [0.1, 0.15) is 0 Å². The van der Waals surface area contributed by atoms with Crippen molar-refractivity contribution in [3.8, 4) is 0 Å². The minimum absolute atomic E-state index is 0.123. The van der Waals surface area contributed by atoms with Gasteiger partial charge < -0.3 is 20.4 Å². The summed E-state index contributed by atoms with van der Waals surface area (Å²) < 4.78 is 0. The van der Waals surface area contributed by atoms with Crippen LogP contribution in [0, 0.1) is 0 Å². The normalized spacial score (nSPS) is 18.2. The van der Waals surface area contributed by atoms with Gasteiger partial charge in [-0.05, 0) is 57.1 Å². The Morgan fingerprint density at radius 1 is 1.19 bits per heavy atom. The van der Waals surface area contributed by atoms with Gasteiger partial charge in [-0.1, -0.05) is 19.1 Å². The Bertz CT molecular complexity index is 609. The first-order chi connectivity index (χ1) is 12.3. The molecule has 1 heterocycles. The molecule has 0 spiro atoms. The molecule has 2 rings (SSSR count). The van der Waals surface area contributed by atoms with Crippen LogP contribution in [0.1, 0.15) is 39.7 Å². The average molecular weight is 378 g/mol. The molecule has 1 aliphatic heterocycles. The number of aryl methyl sites for hydroxylation is 1. The number of nitrogens with zero attached hydrogens (tertiary/aromatic N) is 1. The predicted molar refractivity (Wildman–Crippen MR) is 112 cm³/mol. The van der Waals surface area contributed by atoms with Gasteiger partial charge in [-0.15, -0.1) is 0 Å². The Kier molecular flexibility index (Phi) is 7.41. The summed E-state index contributed by atoms with van der Waals surface area (Å²) in [7, 11) is 0. The quantitative estimate of drug-likeness (QED) is 0.695. The molecule has 0 bridgehead atoms. The lowest BCUT2D eigenvalue weighted by molar-refractivity contribution is -0.889. The second-order valence-corrected chi connectivity index (χ2v) is 8.43. The van der Waals surface area contributed by atoms with Gasteiger partial charge >= 0.3 is 0 Å². The van der Waals surface area contributed by atoms with E-state index in [1.54, 1.807) is 0 Å². The van der Waals surface area contributed by atoms with Crippen LogP contribution >= 0.6 is 12.2 Å². The van der Waals surface area contributed by atoms with E-state index in [-0.39, 0.29) is 11.4 Å². The second kappa shape index (κ2) is 9.33. The monoisotopic (exact) mass is 377 g/mol. The summed E-state index contributed by atoms with van der Waals surface area (Å²) >= 11 is 5.60. The molecule has 26 heavy (non-hydrogen) atoms. The van der Waals surface area contributed by atoms with Crippen molar-refractivity contribution in [2.45, 2.75) is 46.1 Å². The van der Waals surface area contributed by atoms with Gasteiger partial charge in [0, 0.05) is 24.2 Å². The molecule has 0 saturated carbocycles. The van der Waals surface area contributed by atoms with Crippen molar-refractivity contribution in [1.29, 1.82) is 0 Å². The molecule has 1 atom stereocenters. The van der Waals surface area contributed by atoms with Gasteiger partial charge in [0.2, 0.25) is 0 Å². The van der Waals surface area contributed by atoms with E-state index in [4.69, 9.17) is 12.2 Å². The van der Waals surface area contributed by atoms with Gasteiger partial charge in [-0.25, -0.2) is 0 Å². The second-order valence-electron chi connectivity index (χ2n) is 8.05. The van der Waals surface area contributed by atoms with Gasteiger partial charge in [-0.3, -0.25) is 4.79 Å². The maximum absolute atomic E-state index is 12.2. The van der Waals surface area contributed by atoms with Gasteiger partial charge in [0.05, 0.1) is 19.6 Å². The zero-order valence-corrected chi connectivity index (χ0v) is 17.3. The Morgan fingerprint density at radius 2 is 1.88 bits per heavy atom. The fourth-order valence-corrected chi connectivity index (χ4v) is 3.45. The topological polar surface area (TPSA) is 48.8 Å². The van der Waals surface area contributed by atoms with E-state index in [1.165, 1.54) is 10.5 Å². The Morgan fingerprint density at radius 3 is 2.50 bits per heavy atom. The summed E-state index contributed by atoms with van der Waals surface area (Å²) in [6.07, 6.45) is 2.08. The third-order valence-electron chi connectivity index (χ3n) is 4.52. The summed E-state index contributed by atoms with van der Waals surface area (Å²) in [5, 5.41) is 7.17. The van der Waals surface area contributed by atoms with Crippen LogP contribution in [0.4, 0.5) is 5.69 Å². The Labute approximate surface area is 163 Å². The first-order valence-electron chi connectivity index (χ1n) is 9.56. The van der Waals surface area contributed by atoms with Crippen LogP contribution in [0.3, 0.4) is 0 Å². The van der Waals surface area contributed by atoms with E-state index in [1.807, 2.05) is 20.8 Å². The van der Waals surface area contributed by atoms with Crippen LogP contribution in [0.5, 0.6) is 0 Å². The number of carbonyl (C=O) groups excluding carboxylic acids is 1. The molecule has 0 aliphatic carbocycles. The van der Waals surface area contributed by atoms with Gasteiger partial charge in [0.15, 0.2) is 11.7 Å². The molecule has 3 N–H and O–H groups in total. The third kappa shape index (κ3) is 6.92. The molecular weight excluding hydrogens is 344 g/mol. The van der Waals surface area contributed by atoms with E-state index in [0.717, 1.165) is 49.8 Å². The number of amides is 1. The van der Waals surface area contributed by atoms with Gasteiger partial charge in [-0.2, -0.15) is 0 Å². The molecule has 1 aromatic rings. The zero-order chi connectivity index (χ0) is 19.2. The molecule has 1 aromatic carbocycles. The number of carbonyl (C=O) groups is 1. The van der Waals surface area contributed by atoms with Crippen molar-refractivity contribution in [3.05, 3.63) is 29.8 Å². The standard InChI is InChI=1S/C20H32N4OS/c1-5-16-7-9-17(10-8-16)21-19(26)24-12-6-11-23(13-14-24)15-18(25)22-20(2,3)4/h7-10H,5-6,11-15H2,1-4H3,(H,21,26)(H,22,25)/p+1. The molecule has 0 aromatic heterocycles. The SMILES string of the molecule is CCc1ccc(NC(=S)N2CCC[NH+](CC(=O)NC(C)(C)C)CC2)cc1. The number of quaternary nitrogens is 1. The van der Waals surface area contributed by atoms with E-state index in [2.05, 4.69) is 46.7 Å². The van der Waals surface area contributed by atoms with Crippen molar-refractivity contribution < 1.29 is 9.69 Å². The molecule has 1 saturated heterocycles. The minimum atomic E-state index is -0.173. The highest BCUT2D eigenvalue weighted by Gasteiger charge is 2.23. The fourth-order valence-electron chi connectivity index (χ4n) is 3.15. The fraction of sp³-hybridized carbons (Fsp3) is 0.600. The highest BCUT2D eigenvalue weighted by atomic mass is 32.1. The maximum Gasteiger partial charge on any atom is 0.275 e.